The molecule has 1 aromatic carbocycles. The second-order valence-electron chi connectivity index (χ2n) is 4.32. The van der Waals surface area contributed by atoms with Crippen LogP contribution in [0.4, 0.5) is 10.1 Å². The van der Waals surface area contributed by atoms with Gasteiger partial charge in [-0.2, -0.15) is 0 Å². The van der Waals surface area contributed by atoms with Gasteiger partial charge in [-0.3, -0.25) is 0 Å². The van der Waals surface area contributed by atoms with Crippen molar-refractivity contribution in [3.8, 4) is 0 Å². The number of hydrogen-bond donors (Lipinski definition) is 2. The van der Waals surface area contributed by atoms with E-state index in [2.05, 4.69) is 9.71 Å². The quantitative estimate of drug-likeness (QED) is 0.811. The summed E-state index contributed by atoms with van der Waals surface area (Å²) in [5.74, 6) is -1.01. The molecule has 0 saturated heterocycles. The van der Waals surface area contributed by atoms with E-state index in [1.54, 1.807) is 0 Å². The molecule has 21 heavy (non-hydrogen) atoms. The predicted octanol–water partition coefficient (Wildman–Crippen LogP) is 2.35. The topological polar surface area (TPSA) is 85.1 Å². The van der Waals surface area contributed by atoms with E-state index in [-0.39, 0.29) is 17.3 Å². The summed E-state index contributed by atoms with van der Waals surface area (Å²) in [6.45, 7) is 1.97. The summed E-state index contributed by atoms with van der Waals surface area (Å²) in [6, 6.07) is 2.20. The highest BCUT2D eigenvalue weighted by Crippen LogP contribution is 2.25. The lowest BCUT2D eigenvalue weighted by atomic mass is 10.3. The van der Waals surface area contributed by atoms with Gasteiger partial charge < -0.3 is 5.73 Å². The number of sulfonamides is 1. The first-order valence-corrected chi connectivity index (χ1v) is 8.69. The Balaban J connectivity index is 2.12. The zero-order valence-electron chi connectivity index (χ0n) is 11.1. The van der Waals surface area contributed by atoms with Crippen molar-refractivity contribution in [2.24, 2.45) is 0 Å². The third-order valence-corrected chi connectivity index (χ3v) is 5.20. The monoisotopic (exact) mass is 349 g/mol. The molecule has 0 radical (unpaired) electrons. The largest absolute Gasteiger partial charge is 0.399 e. The number of benzene rings is 1. The molecule has 2 aromatic rings. The lowest BCUT2D eigenvalue weighted by Crippen LogP contribution is -2.27. The molecule has 0 saturated carbocycles. The molecule has 1 aromatic heterocycles. The molecule has 0 amide bonds. The fourth-order valence-electron chi connectivity index (χ4n) is 1.69. The van der Waals surface area contributed by atoms with E-state index in [1.807, 2.05) is 12.3 Å². The first kappa shape index (κ1) is 16.2. The van der Waals surface area contributed by atoms with Crippen LogP contribution >= 0.6 is 22.9 Å². The van der Waals surface area contributed by atoms with Crippen LogP contribution in [0.3, 0.4) is 0 Å². The zero-order chi connectivity index (χ0) is 15.6. The minimum atomic E-state index is -4.01. The van der Waals surface area contributed by atoms with Gasteiger partial charge in [0.2, 0.25) is 10.0 Å². The van der Waals surface area contributed by atoms with Crippen molar-refractivity contribution < 1.29 is 12.8 Å². The third kappa shape index (κ3) is 3.91. The Morgan fingerprint density at radius 3 is 2.81 bits per heavy atom. The number of anilines is 1. The number of aromatic nitrogens is 1. The van der Waals surface area contributed by atoms with E-state index in [0.29, 0.717) is 6.42 Å². The molecular weight excluding hydrogens is 337 g/mol. The van der Waals surface area contributed by atoms with Crippen LogP contribution in [0.5, 0.6) is 0 Å². The molecule has 0 aliphatic heterocycles. The number of halogens is 2. The van der Waals surface area contributed by atoms with Crippen LogP contribution in [0.25, 0.3) is 0 Å². The highest BCUT2D eigenvalue weighted by Gasteiger charge is 2.21. The number of thiazole rings is 1. The second-order valence-corrected chi connectivity index (χ2v) is 7.53. The summed E-state index contributed by atoms with van der Waals surface area (Å²) >= 11 is 7.08. The Labute approximate surface area is 131 Å². The number of hydrogen-bond acceptors (Lipinski definition) is 5. The maximum Gasteiger partial charge on any atom is 0.243 e. The molecule has 114 valence electrons. The fourth-order valence-corrected chi connectivity index (χ4v) is 3.79. The smallest absolute Gasteiger partial charge is 0.243 e. The Morgan fingerprint density at radius 1 is 1.48 bits per heavy atom. The van der Waals surface area contributed by atoms with E-state index in [0.717, 1.165) is 22.8 Å². The molecule has 2 rings (SSSR count). The number of nitrogens with one attached hydrogen (secondary N) is 1. The maximum atomic E-state index is 13.8. The van der Waals surface area contributed by atoms with E-state index in [4.69, 9.17) is 17.3 Å². The zero-order valence-corrected chi connectivity index (χ0v) is 13.4. The maximum absolute atomic E-state index is 13.8. The average molecular weight is 350 g/mol. The van der Waals surface area contributed by atoms with Crippen LogP contribution in [0.1, 0.15) is 10.7 Å². The van der Waals surface area contributed by atoms with Gasteiger partial charge in [-0.15, -0.1) is 11.3 Å². The van der Waals surface area contributed by atoms with Gasteiger partial charge in [0.1, 0.15) is 4.90 Å². The van der Waals surface area contributed by atoms with E-state index < -0.39 is 20.7 Å². The molecule has 0 unspecified atom stereocenters. The van der Waals surface area contributed by atoms with E-state index in [1.165, 1.54) is 11.3 Å². The number of rotatable bonds is 5. The molecule has 0 bridgehead atoms. The summed E-state index contributed by atoms with van der Waals surface area (Å²) in [7, 11) is -4.01. The molecule has 5 nitrogen and oxygen atoms in total. The summed E-state index contributed by atoms with van der Waals surface area (Å²) in [4.78, 5) is 3.66. The first-order valence-electron chi connectivity index (χ1n) is 5.95. The lowest BCUT2D eigenvalue weighted by Gasteiger charge is -2.09. The number of aryl methyl sites for hydroxylation is 1. The van der Waals surface area contributed by atoms with Crippen molar-refractivity contribution in [1.29, 1.82) is 0 Å². The average Bonchev–Trinajstić information content (AvgIpc) is 2.79. The van der Waals surface area contributed by atoms with E-state index in [9.17, 15) is 12.8 Å². The Kier molecular flexibility index (Phi) is 4.82. The number of nitrogen functional groups attached to an aromatic ring is 1. The normalized spacial score (nSPS) is 11.8. The lowest BCUT2D eigenvalue weighted by molar-refractivity contribution is 0.557. The summed E-state index contributed by atoms with van der Waals surface area (Å²) < 4.78 is 40.3. The molecule has 1 heterocycles. The van der Waals surface area contributed by atoms with Crippen LogP contribution in [0.2, 0.25) is 5.02 Å². The van der Waals surface area contributed by atoms with Gasteiger partial charge in [0.25, 0.3) is 0 Å². The minimum Gasteiger partial charge on any atom is -0.399 e. The number of nitrogens with two attached hydrogens (primary N) is 1. The molecular formula is C12H13ClFN3O2S2. The highest BCUT2D eigenvalue weighted by atomic mass is 35.5. The standard InChI is InChI=1S/C12H13ClFN3O2S2/c1-7-17-9(6-20-7)2-3-16-21(18,19)11-5-8(15)4-10(13)12(11)14/h4-6,16H,2-3,15H2,1H3. The van der Waals surface area contributed by atoms with Crippen LogP contribution in [0, 0.1) is 12.7 Å². The van der Waals surface area contributed by atoms with Crippen molar-refractivity contribution in [1.82, 2.24) is 9.71 Å². The SMILES string of the molecule is Cc1nc(CCNS(=O)(=O)c2cc(N)cc(Cl)c2F)cs1. The Morgan fingerprint density at radius 2 is 2.19 bits per heavy atom. The van der Waals surface area contributed by atoms with Crippen molar-refractivity contribution in [3.63, 3.8) is 0 Å². The van der Waals surface area contributed by atoms with Crippen LogP contribution in [0.15, 0.2) is 22.4 Å². The minimum absolute atomic E-state index is 0.0805. The molecule has 9 heteroatoms. The molecule has 0 aliphatic carbocycles. The Hall–Kier alpha value is -1.22. The number of nitrogens with zero attached hydrogens (tertiary/aromatic N) is 1. The third-order valence-electron chi connectivity index (χ3n) is 2.65. The van der Waals surface area contributed by atoms with Gasteiger partial charge >= 0.3 is 0 Å². The fraction of sp³-hybridized carbons (Fsp3) is 0.250. The molecule has 0 atom stereocenters. The van der Waals surface area contributed by atoms with Crippen molar-refractivity contribution in [2.45, 2.75) is 18.2 Å². The van der Waals surface area contributed by atoms with Crippen molar-refractivity contribution >= 4 is 38.6 Å². The first-order chi connectivity index (χ1) is 9.79. The van der Waals surface area contributed by atoms with Gasteiger partial charge in [0, 0.05) is 24.0 Å². The van der Waals surface area contributed by atoms with Crippen molar-refractivity contribution in [2.75, 3.05) is 12.3 Å². The highest BCUT2D eigenvalue weighted by molar-refractivity contribution is 7.89. The van der Waals surface area contributed by atoms with Crippen LogP contribution in [-0.4, -0.2) is 19.9 Å². The van der Waals surface area contributed by atoms with Gasteiger partial charge in [-0.05, 0) is 19.1 Å². The summed E-state index contributed by atoms with van der Waals surface area (Å²) in [6.07, 6.45) is 0.418. The van der Waals surface area contributed by atoms with Crippen LogP contribution in [-0.2, 0) is 16.4 Å². The molecule has 0 aliphatic rings. The van der Waals surface area contributed by atoms with E-state index >= 15 is 0 Å². The van der Waals surface area contributed by atoms with Crippen molar-refractivity contribution in [3.05, 3.63) is 39.1 Å². The van der Waals surface area contributed by atoms with Crippen LogP contribution < -0.4 is 10.5 Å². The van der Waals surface area contributed by atoms with Gasteiger partial charge in [-0.1, -0.05) is 11.6 Å². The summed E-state index contributed by atoms with van der Waals surface area (Å²) in [5, 5.41) is 2.42. The molecule has 0 spiro atoms. The molecule has 0 fully saturated rings. The van der Waals surface area contributed by atoms with Gasteiger partial charge in [-0.25, -0.2) is 22.5 Å². The van der Waals surface area contributed by atoms with Gasteiger partial charge in [0.05, 0.1) is 15.7 Å². The van der Waals surface area contributed by atoms with Gasteiger partial charge in [0.15, 0.2) is 5.82 Å². The molecule has 3 N–H and O–H groups in total. The predicted molar refractivity (Wildman–Crippen MR) is 81.6 cm³/mol. The second kappa shape index (κ2) is 6.27. The summed E-state index contributed by atoms with van der Waals surface area (Å²) in [5.41, 5.74) is 6.36. The Bertz CT molecular complexity index is 762.